The van der Waals surface area contributed by atoms with E-state index < -0.39 is 184 Å². The zero-order valence-corrected chi connectivity index (χ0v) is 54.5. The zero-order chi connectivity index (χ0) is 65.0. The summed E-state index contributed by atoms with van der Waals surface area (Å²) in [5.41, 5.74) is 0. The molecule has 6 N–H and O–H groups in total. The molecule has 30 heteroatoms. The number of hydrogen-bond acceptors (Lipinski definition) is 30. The molecule has 0 spiro atoms. The number of hydrogen-bond donors (Lipinski definition) is 6. The first-order valence-electron chi connectivity index (χ1n) is 32.8. The predicted octanol–water partition coefficient (Wildman–Crippen LogP) is -0.524. The summed E-state index contributed by atoms with van der Waals surface area (Å²) in [7, 11) is 0. The lowest BCUT2D eigenvalue weighted by atomic mass is 9.94. The molecule has 22 aliphatic rings. The summed E-state index contributed by atoms with van der Waals surface area (Å²) in [6, 6.07) is 0. The van der Waals surface area contributed by atoms with Crippen LogP contribution >= 0.6 is 0 Å². The highest BCUT2D eigenvalue weighted by molar-refractivity contribution is 5.02. The molecule has 30 atom stereocenters. The molecule has 0 aromatic heterocycles. The van der Waals surface area contributed by atoms with E-state index in [1.165, 1.54) is 0 Å². The van der Waals surface area contributed by atoms with Gasteiger partial charge in [0.1, 0.15) is 146 Å². The molecule has 22 saturated heterocycles. The average molecular weight is 1310 g/mol. The standard InChI is InChI=1S/C60H108O30/c1-13-67-25-31-43-37(61)49(73-19-7)55(79-31)86-44-32(26-68-14-2)81-57(51(38(44)62)75-21-9)88-46-34(28-70-16-4)83-59(53(40(46)64)77-23-11)90-48-36(30-72-18-6)84-60(54(42(48)66)78-24-12)89-47-35(29-71-17-5)82-58(52(41(47)65)76-22-10)87-45-33(27-69-15-3)80-56(85-43)50(39(45)63)74-20-8/h31-66H,13-30H2,1-12H3/t31-,32-,33-,34-,35-,36-,37+,38+,39+,40+,41+,42+,43-,44-,45-,46-,47-,48-,49-,50-,51-,52-,53-,54-,55-,56-,57-,58-,59-,60-/m1/s1. The Hall–Kier alpha value is -1.20. The van der Waals surface area contributed by atoms with E-state index >= 15 is 0 Å². The Kier molecular flexibility index (Phi) is 32.7. The maximum absolute atomic E-state index is 12.7. The summed E-state index contributed by atoms with van der Waals surface area (Å²) < 4.78 is 154. The van der Waals surface area contributed by atoms with Crippen molar-refractivity contribution in [2.24, 2.45) is 0 Å². The maximum Gasteiger partial charge on any atom is 0.187 e. The Balaban J connectivity index is 1.36. The lowest BCUT2D eigenvalue weighted by Crippen LogP contribution is -2.70. The Morgan fingerprint density at radius 3 is 0.444 bits per heavy atom. The first kappa shape index (κ1) is 76.2. The molecule has 22 heterocycles. The summed E-state index contributed by atoms with van der Waals surface area (Å²) in [6.45, 7) is 21.7. The van der Waals surface area contributed by atoms with Gasteiger partial charge in [-0.05, 0) is 83.1 Å². The summed E-state index contributed by atoms with van der Waals surface area (Å²) >= 11 is 0. The first-order chi connectivity index (χ1) is 43.6. The van der Waals surface area contributed by atoms with Gasteiger partial charge in [-0.25, -0.2) is 0 Å². The molecule has 0 radical (unpaired) electrons. The lowest BCUT2D eigenvalue weighted by molar-refractivity contribution is -0.410. The van der Waals surface area contributed by atoms with Crippen molar-refractivity contribution in [3.05, 3.63) is 0 Å². The van der Waals surface area contributed by atoms with E-state index in [1.807, 2.05) is 0 Å². The molecule has 0 amide bonds. The molecule has 0 aliphatic carbocycles. The van der Waals surface area contributed by atoms with Gasteiger partial charge in [-0.15, -0.1) is 0 Å². The Morgan fingerprint density at radius 2 is 0.333 bits per heavy atom. The number of aliphatic hydroxyl groups is 6. The van der Waals surface area contributed by atoms with Gasteiger partial charge in [0.2, 0.25) is 0 Å². The number of aliphatic hydroxyl groups excluding tert-OH is 6. The molecule has 0 aromatic rings. The van der Waals surface area contributed by atoms with Crippen molar-refractivity contribution >= 4 is 0 Å². The van der Waals surface area contributed by atoms with Crippen LogP contribution in [0.25, 0.3) is 0 Å². The van der Waals surface area contributed by atoms with Crippen molar-refractivity contribution in [2.45, 2.75) is 267 Å². The largest absolute Gasteiger partial charge is 0.387 e. The van der Waals surface area contributed by atoms with E-state index in [-0.39, 0.29) is 119 Å². The average Bonchev–Trinajstić information content (AvgIpc) is 0.871. The molecule has 0 aromatic carbocycles. The van der Waals surface area contributed by atoms with Crippen LogP contribution < -0.4 is 0 Å². The van der Waals surface area contributed by atoms with Gasteiger partial charge in [0.25, 0.3) is 0 Å². The highest BCUT2D eigenvalue weighted by Crippen LogP contribution is 2.41. The number of rotatable bonds is 30. The molecule has 22 aliphatic heterocycles. The van der Waals surface area contributed by atoms with Gasteiger partial charge in [-0.2, -0.15) is 0 Å². The van der Waals surface area contributed by atoms with Crippen LogP contribution in [0.4, 0.5) is 0 Å². The second kappa shape index (κ2) is 38.7. The molecule has 528 valence electrons. The molecular weight excluding hydrogens is 1200 g/mol. The third kappa shape index (κ3) is 18.7. The molecule has 22 rings (SSSR count). The highest BCUT2D eigenvalue weighted by atomic mass is 16.8. The minimum absolute atomic E-state index is 0.0482. The van der Waals surface area contributed by atoms with Gasteiger partial charge < -0.3 is 144 Å². The second-order valence-corrected chi connectivity index (χ2v) is 22.3. The van der Waals surface area contributed by atoms with E-state index in [0.717, 1.165) is 0 Å². The fourth-order valence-corrected chi connectivity index (χ4v) is 12.4. The number of ether oxygens (including phenoxy) is 24. The third-order valence-electron chi connectivity index (χ3n) is 16.5. The van der Waals surface area contributed by atoms with Crippen LogP contribution in [0.5, 0.6) is 0 Å². The lowest BCUT2D eigenvalue weighted by Gasteiger charge is -2.52. The van der Waals surface area contributed by atoms with Gasteiger partial charge in [-0.3, -0.25) is 0 Å². The summed E-state index contributed by atoms with van der Waals surface area (Å²) in [6.07, 6.45) is -40.9. The minimum Gasteiger partial charge on any atom is -0.387 e. The topological polar surface area (TPSA) is 343 Å². The van der Waals surface area contributed by atoms with Gasteiger partial charge in [0.05, 0.1) is 39.6 Å². The van der Waals surface area contributed by atoms with E-state index in [4.69, 9.17) is 114 Å². The van der Waals surface area contributed by atoms with E-state index in [9.17, 15) is 30.6 Å². The predicted molar refractivity (Wildman–Crippen MR) is 309 cm³/mol. The van der Waals surface area contributed by atoms with Gasteiger partial charge in [0.15, 0.2) is 37.7 Å². The van der Waals surface area contributed by atoms with Gasteiger partial charge in [-0.1, -0.05) is 0 Å². The maximum atomic E-state index is 12.7. The summed E-state index contributed by atoms with van der Waals surface area (Å²) in [5, 5.41) is 75.9. The van der Waals surface area contributed by atoms with Crippen molar-refractivity contribution in [2.75, 3.05) is 119 Å². The Morgan fingerprint density at radius 1 is 0.200 bits per heavy atom. The van der Waals surface area contributed by atoms with Crippen molar-refractivity contribution in [1.82, 2.24) is 0 Å². The fraction of sp³-hybridized carbons (Fsp3) is 1.00. The molecule has 0 saturated carbocycles. The molecule has 12 bridgehead atoms. The highest BCUT2D eigenvalue weighted by Gasteiger charge is 2.60. The molecule has 30 nitrogen and oxygen atoms in total. The Bertz CT molecular complexity index is 1590. The van der Waals surface area contributed by atoms with Crippen LogP contribution in [0.2, 0.25) is 0 Å². The van der Waals surface area contributed by atoms with Crippen molar-refractivity contribution in [3.63, 3.8) is 0 Å². The molecule has 90 heavy (non-hydrogen) atoms. The van der Waals surface area contributed by atoms with Crippen molar-refractivity contribution in [1.29, 1.82) is 0 Å². The quantitative estimate of drug-likeness (QED) is 0.0527. The normalized spacial score (nSPS) is 43.8. The van der Waals surface area contributed by atoms with Crippen LogP contribution in [-0.2, 0) is 114 Å². The first-order valence-corrected chi connectivity index (χ1v) is 32.8. The van der Waals surface area contributed by atoms with E-state index in [2.05, 4.69) is 0 Å². The van der Waals surface area contributed by atoms with E-state index in [1.54, 1.807) is 83.1 Å². The second-order valence-electron chi connectivity index (χ2n) is 22.3. The molecule has 22 fully saturated rings. The molecular formula is C60H108O30. The fourth-order valence-electron chi connectivity index (χ4n) is 12.4. The van der Waals surface area contributed by atoms with Crippen LogP contribution in [0.3, 0.4) is 0 Å². The Labute approximate surface area is 529 Å². The van der Waals surface area contributed by atoms with Gasteiger partial charge >= 0.3 is 0 Å². The van der Waals surface area contributed by atoms with Crippen molar-refractivity contribution < 1.29 is 144 Å². The van der Waals surface area contributed by atoms with Gasteiger partial charge in [0, 0.05) is 79.3 Å². The van der Waals surface area contributed by atoms with Crippen LogP contribution in [0.15, 0.2) is 0 Å². The zero-order valence-electron chi connectivity index (χ0n) is 54.5. The molecule has 0 unspecified atom stereocenters. The monoisotopic (exact) mass is 1310 g/mol. The van der Waals surface area contributed by atoms with Crippen LogP contribution in [0.1, 0.15) is 83.1 Å². The minimum atomic E-state index is -1.58. The smallest absolute Gasteiger partial charge is 0.187 e. The van der Waals surface area contributed by atoms with Crippen molar-refractivity contribution in [3.8, 4) is 0 Å². The van der Waals surface area contributed by atoms with Crippen LogP contribution in [-0.4, -0.2) is 334 Å². The van der Waals surface area contributed by atoms with Crippen LogP contribution in [0, 0.1) is 0 Å². The SMILES string of the molecule is CCOC[C@H]1O[C@@H]2O[C@H]3[C@H](O)[C@@H](OCC)[C@@H](O[C@H]4[C@H](O)[C@@H](OCC)[C@@H](O[C@H]5[C@H](O)[C@@H](OCC)[C@@H](O[C@H]6[C@H](O)[C@@H](OCC)[C@@H](O[C@H]7[C@H](O)[C@@H](OCC)[C@@H](O[C@H]1[C@H](O)[C@H]2OCC)O[C@@H]7COCC)O[C@@H]6COCC)O[C@@H]5COCC)O[C@@H]4COCC)O[C@@H]3COCC. The third-order valence-corrected chi connectivity index (χ3v) is 16.5. The summed E-state index contributed by atoms with van der Waals surface area (Å²) in [4.78, 5) is 0. The summed E-state index contributed by atoms with van der Waals surface area (Å²) in [5.74, 6) is 0. The van der Waals surface area contributed by atoms with E-state index in [0.29, 0.717) is 0 Å².